The van der Waals surface area contributed by atoms with Crippen LogP contribution < -0.4 is 0 Å². The molecule has 0 amide bonds. The second kappa shape index (κ2) is 4.67. The molecular formula is C12H19N3O. The van der Waals surface area contributed by atoms with Crippen molar-refractivity contribution in [3.63, 3.8) is 0 Å². The maximum absolute atomic E-state index is 10.3. The first-order valence-electron chi connectivity index (χ1n) is 5.60. The number of hydrogen-bond donors (Lipinski definition) is 1. The summed E-state index contributed by atoms with van der Waals surface area (Å²) in [5.41, 5.74) is 0.897. The van der Waals surface area contributed by atoms with Gasteiger partial charge in [0.05, 0.1) is 17.2 Å². The molecule has 0 radical (unpaired) electrons. The summed E-state index contributed by atoms with van der Waals surface area (Å²) in [6, 6.07) is 2.20. The Hall–Kier alpha value is -1.34. The maximum atomic E-state index is 10.3. The Kier molecular flexibility index (Phi) is 3.71. The fourth-order valence-electron chi connectivity index (χ4n) is 1.73. The van der Waals surface area contributed by atoms with E-state index in [0.717, 1.165) is 17.7 Å². The van der Waals surface area contributed by atoms with Gasteiger partial charge in [-0.05, 0) is 19.8 Å². The molecule has 0 saturated carbocycles. The third-order valence-electron chi connectivity index (χ3n) is 3.16. The summed E-state index contributed by atoms with van der Waals surface area (Å²) in [5, 5.41) is 23.7. The van der Waals surface area contributed by atoms with E-state index < -0.39 is 11.5 Å². The van der Waals surface area contributed by atoms with Crippen LogP contribution in [-0.4, -0.2) is 14.9 Å². The minimum Gasteiger partial charge on any atom is -0.387 e. The lowest BCUT2D eigenvalue weighted by Crippen LogP contribution is -2.23. The highest BCUT2D eigenvalue weighted by molar-refractivity contribution is 5.24. The van der Waals surface area contributed by atoms with Crippen LogP contribution in [0.5, 0.6) is 0 Å². The van der Waals surface area contributed by atoms with Crippen LogP contribution in [0.25, 0.3) is 0 Å². The summed E-state index contributed by atoms with van der Waals surface area (Å²) in [6.45, 7) is 5.69. The average Bonchev–Trinajstić information content (AvgIpc) is 2.68. The second-order valence-electron chi connectivity index (χ2n) is 4.34. The van der Waals surface area contributed by atoms with Gasteiger partial charge >= 0.3 is 0 Å². The largest absolute Gasteiger partial charge is 0.387 e. The van der Waals surface area contributed by atoms with Crippen molar-refractivity contribution in [3.8, 4) is 6.07 Å². The number of hydrogen-bond acceptors (Lipinski definition) is 3. The molecular weight excluding hydrogens is 202 g/mol. The van der Waals surface area contributed by atoms with Gasteiger partial charge in [0.15, 0.2) is 0 Å². The van der Waals surface area contributed by atoms with Crippen LogP contribution in [0.15, 0.2) is 6.20 Å². The Morgan fingerprint density at radius 2 is 2.25 bits per heavy atom. The molecule has 4 nitrogen and oxygen atoms in total. The topological polar surface area (TPSA) is 61.8 Å². The lowest BCUT2D eigenvalue weighted by molar-refractivity contribution is 0.0714. The van der Waals surface area contributed by atoms with E-state index in [-0.39, 0.29) is 0 Å². The average molecular weight is 221 g/mol. The lowest BCUT2D eigenvalue weighted by atomic mass is 9.80. The minimum absolute atomic E-state index is 0.614. The molecule has 4 heteroatoms. The van der Waals surface area contributed by atoms with Crippen molar-refractivity contribution in [2.45, 2.75) is 39.7 Å². The quantitative estimate of drug-likeness (QED) is 0.845. The molecule has 0 bridgehead atoms. The number of nitriles is 1. The summed E-state index contributed by atoms with van der Waals surface area (Å²) >= 11 is 0. The molecule has 16 heavy (non-hydrogen) atoms. The van der Waals surface area contributed by atoms with Crippen LogP contribution >= 0.6 is 0 Å². The van der Waals surface area contributed by atoms with Gasteiger partial charge in [-0.2, -0.15) is 10.4 Å². The third kappa shape index (κ3) is 2.10. The number of aliphatic hydroxyl groups is 1. The first-order chi connectivity index (χ1) is 7.48. The second-order valence-corrected chi connectivity index (χ2v) is 4.34. The molecule has 1 rings (SSSR count). The van der Waals surface area contributed by atoms with Gasteiger partial charge in [0.2, 0.25) is 0 Å². The Bertz CT molecular complexity index is 405. The van der Waals surface area contributed by atoms with Crippen molar-refractivity contribution in [2.75, 3.05) is 0 Å². The molecule has 1 aromatic heterocycles. The van der Waals surface area contributed by atoms with Crippen LogP contribution in [0.3, 0.4) is 0 Å². The van der Waals surface area contributed by atoms with Gasteiger partial charge in [-0.1, -0.05) is 13.8 Å². The molecule has 0 spiro atoms. The van der Waals surface area contributed by atoms with Crippen molar-refractivity contribution in [2.24, 2.45) is 12.5 Å². The van der Waals surface area contributed by atoms with E-state index in [1.54, 1.807) is 17.8 Å². The summed E-state index contributed by atoms with van der Waals surface area (Å²) in [4.78, 5) is 0. The fourth-order valence-corrected chi connectivity index (χ4v) is 1.73. The fraction of sp³-hybridized carbons (Fsp3) is 0.667. The van der Waals surface area contributed by atoms with Gasteiger partial charge in [0.1, 0.15) is 6.10 Å². The van der Waals surface area contributed by atoms with Gasteiger partial charge in [-0.15, -0.1) is 0 Å². The SMILES string of the molecule is CCc1nn(C)cc1C(O)C(C)(C#N)CC. The minimum atomic E-state index is -0.772. The predicted octanol–water partition coefficient (Wildman–Crippen LogP) is 1.96. The van der Waals surface area contributed by atoms with Crippen molar-refractivity contribution >= 4 is 0 Å². The molecule has 88 valence electrons. The normalized spacial score (nSPS) is 16.5. The zero-order valence-corrected chi connectivity index (χ0v) is 10.4. The maximum Gasteiger partial charge on any atom is 0.101 e. The molecule has 0 saturated heterocycles. The standard InChI is InChI=1S/C12H19N3O/c1-5-10-9(7-15(4)14-10)11(16)12(3,6-2)8-13/h7,11,16H,5-6H2,1-4H3. The van der Waals surface area contributed by atoms with Gasteiger partial charge in [-0.25, -0.2) is 0 Å². The molecule has 1 N–H and O–H groups in total. The number of aliphatic hydroxyl groups excluding tert-OH is 1. The first-order valence-corrected chi connectivity index (χ1v) is 5.60. The molecule has 0 aliphatic rings. The summed E-state index contributed by atoms with van der Waals surface area (Å²) < 4.78 is 1.69. The number of nitrogens with zero attached hydrogens (tertiary/aromatic N) is 3. The Balaban J connectivity index is 3.13. The van der Waals surface area contributed by atoms with E-state index in [0.29, 0.717) is 6.42 Å². The summed E-state index contributed by atoms with van der Waals surface area (Å²) in [6.07, 6.45) is 2.40. The number of aryl methyl sites for hydroxylation is 2. The lowest BCUT2D eigenvalue weighted by Gasteiger charge is -2.26. The summed E-state index contributed by atoms with van der Waals surface area (Å²) in [5.74, 6) is 0. The number of rotatable bonds is 4. The molecule has 0 aliphatic heterocycles. The van der Waals surface area contributed by atoms with Crippen molar-refractivity contribution < 1.29 is 5.11 Å². The van der Waals surface area contributed by atoms with Gasteiger partial charge in [0, 0.05) is 18.8 Å². The smallest absolute Gasteiger partial charge is 0.101 e. The van der Waals surface area contributed by atoms with Crippen LogP contribution in [0.4, 0.5) is 0 Å². The Labute approximate surface area is 96.5 Å². The highest BCUT2D eigenvalue weighted by Crippen LogP contribution is 2.37. The van der Waals surface area contributed by atoms with Crippen molar-refractivity contribution in [1.29, 1.82) is 5.26 Å². The van der Waals surface area contributed by atoms with E-state index >= 15 is 0 Å². The highest BCUT2D eigenvalue weighted by Gasteiger charge is 2.34. The molecule has 2 unspecified atom stereocenters. The zero-order valence-electron chi connectivity index (χ0n) is 10.4. The highest BCUT2D eigenvalue weighted by atomic mass is 16.3. The van der Waals surface area contributed by atoms with E-state index in [1.807, 2.05) is 20.9 Å². The van der Waals surface area contributed by atoms with Crippen LogP contribution in [-0.2, 0) is 13.5 Å². The molecule has 0 aromatic carbocycles. The predicted molar refractivity (Wildman–Crippen MR) is 61.6 cm³/mol. The van der Waals surface area contributed by atoms with E-state index in [2.05, 4.69) is 11.2 Å². The monoisotopic (exact) mass is 221 g/mol. The Morgan fingerprint density at radius 3 is 2.69 bits per heavy atom. The summed E-state index contributed by atoms with van der Waals surface area (Å²) in [7, 11) is 1.82. The number of aromatic nitrogens is 2. The molecule has 1 heterocycles. The van der Waals surface area contributed by atoms with Crippen molar-refractivity contribution in [1.82, 2.24) is 9.78 Å². The van der Waals surface area contributed by atoms with E-state index in [1.165, 1.54) is 0 Å². The molecule has 2 atom stereocenters. The van der Waals surface area contributed by atoms with E-state index in [4.69, 9.17) is 5.26 Å². The first kappa shape index (κ1) is 12.7. The third-order valence-corrected chi connectivity index (χ3v) is 3.16. The van der Waals surface area contributed by atoms with Crippen LogP contribution in [0.2, 0.25) is 0 Å². The van der Waals surface area contributed by atoms with Gasteiger partial charge in [0.25, 0.3) is 0 Å². The Morgan fingerprint density at radius 1 is 1.62 bits per heavy atom. The molecule has 0 fully saturated rings. The van der Waals surface area contributed by atoms with Crippen molar-refractivity contribution in [3.05, 3.63) is 17.5 Å². The molecule has 1 aromatic rings. The zero-order chi connectivity index (χ0) is 12.3. The molecule has 0 aliphatic carbocycles. The van der Waals surface area contributed by atoms with Gasteiger partial charge in [-0.3, -0.25) is 4.68 Å². The van der Waals surface area contributed by atoms with Crippen LogP contribution in [0, 0.1) is 16.7 Å². The van der Waals surface area contributed by atoms with Gasteiger partial charge < -0.3 is 5.11 Å². The van der Waals surface area contributed by atoms with Crippen LogP contribution in [0.1, 0.15) is 44.6 Å². The van der Waals surface area contributed by atoms with E-state index in [9.17, 15) is 5.11 Å².